The van der Waals surface area contributed by atoms with Gasteiger partial charge in [-0.3, -0.25) is 0 Å². The molecule has 3 rings (SSSR count). The van der Waals surface area contributed by atoms with Gasteiger partial charge in [0.05, 0.1) is 16.1 Å². The van der Waals surface area contributed by atoms with Gasteiger partial charge in [-0.05, 0) is 43.0 Å². The van der Waals surface area contributed by atoms with E-state index in [1.807, 2.05) is 19.2 Å². The highest BCUT2D eigenvalue weighted by molar-refractivity contribution is 6.42. The molecule has 3 atom stereocenters. The van der Waals surface area contributed by atoms with Crippen molar-refractivity contribution in [1.29, 1.82) is 0 Å². The quantitative estimate of drug-likeness (QED) is 0.901. The molecule has 0 unspecified atom stereocenters. The molecule has 1 aliphatic carbocycles. The number of hydrogen-bond acceptors (Lipinski definition) is 2. The largest absolute Gasteiger partial charge is 0.381 e. The minimum atomic E-state index is 0.176. The lowest BCUT2D eigenvalue weighted by Gasteiger charge is -2.29. The Morgan fingerprint density at radius 1 is 1.33 bits per heavy atom. The normalized spacial score (nSPS) is 34.8. The molecule has 2 fully saturated rings. The van der Waals surface area contributed by atoms with Crippen LogP contribution in [0.3, 0.4) is 0 Å². The van der Waals surface area contributed by atoms with Gasteiger partial charge in [0.1, 0.15) is 0 Å². The summed E-state index contributed by atoms with van der Waals surface area (Å²) in [7, 11) is 1.81. The molecule has 2 nitrogen and oxygen atoms in total. The van der Waals surface area contributed by atoms with E-state index in [1.165, 1.54) is 5.56 Å². The van der Waals surface area contributed by atoms with E-state index < -0.39 is 0 Å². The summed E-state index contributed by atoms with van der Waals surface area (Å²) < 4.78 is 5.56. The van der Waals surface area contributed by atoms with Crippen molar-refractivity contribution in [1.82, 2.24) is 5.32 Å². The molecular formula is C14H17Cl2NO. The number of rotatable bonds is 2. The highest BCUT2D eigenvalue weighted by Crippen LogP contribution is 2.49. The standard InChI is InChI=1S/C14H17Cl2NO/c1-18-11-4-10-7-17-8-14(10,6-11)9-2-3-12(15)13(16)5-9/h2-3,5,10-11,17H,4,6-8H2,1H3/t10-,11-,14+/m1/s1. The topological polar surface area (TPSA) is 21.3 Å². The Labute approximate surface area is 118 Å². The minimum absolute atomic E-state index is 0.176. The van der Waals surface area contributed by atoms with Crippen LogP contribution in [-0.4, -0.2) is 26.3 Å². The SMILES string of the molecule is CO[C@@H]1C[C@@H]2CNC[C@]2(c2ccc(Cl)c(Cl)c2)C1. The third-order valence-electron chi connectivity index (χ3n) is 4.58. The first-order valence-corrected chi connectivity index (χ1v) is 7.10. The molecule has 1 saturated heterocycles. The molecular weight excluding hydrogens is 269 g/mol. The molecule has 4 heteroatoms. The number of hydrogen-bond donors (Lipinski definition) is 1. The molecule has 2 aliphatic rings. The summed E-state index contributed by atoms with van der Waals surface area (Å²) in [5.41, 5.74) is 1.47. The maximum absolute atomic E-state index is 6.17. The Balaban J connectivity index is 1.99. The van der Waals surface area contributed by atoms with Crippen LogP contribution in [0.15, 0.2) is 18.2 Å². The molecule has 0 amide bonds. The van der Waals surface area contributed by atoms with E-state index in [0.29, 0.717) is 22.1 Å². The van der Waals surface area contributed by atoms with Crippen LogP contribution in [0.4, 0.5) is 0 Å². The van der Waals surface area contributed by atoms with E-state index in [2.05, 4.69) is 11.4 Å². The first-order valence-electron chi connectivity index (χ1n) is 6.35. The summed E-state index contributed by atoms with van der Waals surface area (Å²) in [6.45, 7) is 2.08. The molecule has 1 aromatic carbocycles. The Hall–Kier alpha value is -0.280. The van der Waals surface area contributed by atoms with Crippen molar-refractivity contribution in [3.63, 3.8) is 0 Å². The molecule has 18 heavy (non-hydrogen) atoms. The van der Waals surface area contributed by atoms with Crippen molar-refractivity contribution in [2.45, 2.75) is 24.4 Å². The first kappa shape index (κ1) is 12.7. The van der Waals surface area contributed by atoms with Gasteiger partial charge in [-0.25, -0.2) is 0 Å². The number of benzene rings is 1. The second-order valence-electron chi connectivity index (χ2n) is 5.41. The van der Waals surface area contributed by atoms with E-state index in [-0.39, 0.29) is 5.41 Å². The molecule has 1 aromatic rings. The van der Waals surface area contributed by atoms with Crippen LogP contribution in [0.1, 0.15) is 18.4 Å². The molecule has 0 radical (unpaired) electrons. The Kier molecular flexibility index (Phi) is 3.31. The van der Waals surface area contributed by atoms with Crippen molar-refractivity contribution in [3.05, 3.63) is 33.8 Å². The lowest BCUT2D eigenvalue weighted by atomic mass is 9.74. The molecule has 1 aliphatic heterocycles. The fourth-order valence-electron chi connectivity index (χ4n) is 3.60. The predicted octanol–water partition coefficient (Wildman–Crippen LogP) is 3.26. The predicted molar refractivity (Wildman–Crippen MR) is 74.5 cm³/mol. The van der Waals surface area contributed by atoms with Gasteiger partial charge < -0.3 is 10.1 Å². The zero-order chi connectivity index (χ0) is 12.8. The van der Waals surface area contributed by atoms with Crippen molar-refractivity contribution < 1.29 is 4.74 Å². The van der Waals surface area contributed by atoms with E-state index in [9.17, 15) is 0 Å². The van der Waals surface area contributed by atoms with Gasteiger partial charge in [-0.1, -0.05) is 29.3 Å². The Bertz CT molecular complexity index is 465. The van der Waals surface area contributed by atoms with Gasteiger partial charge in [-0.2, -0.15) is 0 Å². The zero-order valence-electron chi connectivity index (χ0n) is 10.4. The van der Waals surface area contributed by atoms with Crippen LogP contribution in [0.25, 0.3) is 0 Å². The highest BCUT2D eigenvalue weighted by atomic mass is 35.5. The van der Waals surface area contributed by atoms with Crippen LogP contribution in [-0.2, 0) is 10.2 Å². The third-order valence-corrected chi connectivity index (χ3v) is 5.32. The molecule has 1 heterocycles. The molecule has 0 bridgehead atoms. The van der Waals surface area contributed by atoms with Crippen molar-refractivity contribution in [3.8, 4) is 0 Å². The van der Waals surface area contributed by atoms with Crippen LogP contribution in [0.2, 0.25) is 10.0 Å². The maximum Gasteiger partial charge on any atom is 0.0595 e. The molecule has 98 valence electrons. The summed E-state index contributed by atoms with van der Waals surface area (Å²) in [6.07, 6.45) is 2.56. The van der Waals surface area contributed by atoms with Crippen LogP contribution in [0, 0.1) is 5.92 Å². The molecule has 1 saturated carbocycles. The van der Waals surface area contributed by atoms with Crippen molar-refractivity contribution in [2.24, 2.45) is 5.92 Å². The summed E-state index contributed by atoms with van der Waals surface area (Å²) in [6, 6.07) is 6.05. The van der Waals surface area contributed by atoms with E-state index in [1.54, 1.807) is 0 Å². The van der Waals surface area contributed by atoms with E-state index >= 15 is 0 Å². The summed E-state index contributed by atoms with van der Waals surface area (Å²) in [5, 5.41) is 4.78. The lowest BCUT2D eigenvalue weighted by Crippen LogP contribution is -2.31. The molecule has 0 aromatic heterocycles. The van der Waals surface area contributed by atoms with E-state index in [4.69, 9.17) is 27.9 Å². The second-order valence-corrected chi connectivity index (χ2v) is 6.22. The van der Waals surface area contributed by atoms with Crippen LogP contribution < -0.4 is 5.32 Å². The fourth-order valence-corrected chi connectivity index (χ4v) is 3.90. The molecule has 0 spiro atoms. The number of methoxy groups -OCH3 is 1. The van der Waals surface area contributed by atoms with Gasteiger partial charge >= 0.3 is 0 Å². The van der Waals surface area contributed by atoms with Crippen molar-refractivity contribution in [2.75, 3.05) is 20.2 Å². The smallest absolute Gasteiger partial charge is 0.0595 e. The average molecular weight is 286 g/mol. The Morgan fingerprint density at radius 3 is 2.89 bits per heavy atom. The lowest BCUT2D eigenvalue weighted by molar-refractivity contribution is 0.100. The summed E-state index contributed by atoms with van der Waals surface area (Å²) >= 11 is 12.2. The fraction of sp³-hybridized carbons (Fsp3) is 0.571. The van der Waals surface area contributed by atoms with Gasteiger partial charge in [0.25, 0.3) is 0 Å². The van der Waals surface area contributed by atoms with E-state index in [0.717, 1.165) is 25.9 Å². The van der Waals surface area contributed by atoms with Gasteiger partial charge in [0.15, 0.2) is 0 Å². The average Bonchev–Trinajstić information content (AvgIpc) is 2.89. The van der Waals surface area contributed by atoms with Gasteiger partial charge in [-0.15, -0.1) is 0 Å². The maximum atomic E-state index is 6.17. The monoisotopic (exact) mass is 285 g/mol. The van der Waals surface area contributed by atoms with Gasteiger partial charge in [0.2, 0.25) is 0 Å². The number of fused-ring (bicyclic) bond motifs is 1. The first-order chi connectivity index (χ1) is 8.65. The van der Waals surface area contributed by atoms with Crippen LogP contribution in [0.5, 0.6) is 0 Å². The second kappa shape index (κ2) is 4.68. The van der Waals surface area contributed by atoms with Gasteiger partial charge in [0, 0.05) is 19.1 Å². The third kappa shape index (κ3) is 1.87. The highest BCUT2D eigenvalue weighted by Gasteiger charge is 2.51. The number of ether oxygens (including phenoxy) is 1. The molecule has 1 N–H and O–H groups in total. The summed E-state index contributed by atoms with van der Waals surface area (Å²) in [4.78, 5) is 0. The number of nitrogens with one attached hydrogen (secondary N) is 1. The van der Waals surface area contributed by atoms with Crippen LogP contribution >= 0.6 is 23.2 Å². The minimum Gasteiger partial charge on any atom is -0.381 e. The zero-order valence-corrected chi connectivity index (χ0v) is 11.9. The Morgan fingerprint density at radius 2 is 2.17 bits per heavy atom. The van der Waals surface area contributed by atoms with Crippen molar-refractivity contribution >= 4 is 23.2 Å². The summed E-state index contributed by atoms with van der Waals surface area (Å²) in [5.74, 6) is 0.639. The number of halogens is 2.